The van der Waals surface area contributed by atoms with Crippen molar-refractivity contribution in [2.45, 2.75) is 83.8 Å². The van der Waals surface area contributed by atoms with Crippen LogP contribution in [0.15, 0.2) is 0 Å². The number of likely N-dealkylation sites (tertiary alicyclic amines) is 2. The molecule has 6 nitrogen and oxygen atoms in total. The van der Waals surface area contributed by atoms with Crippen LogP contribution in [0.5, 0.6) is 0 Å². The summed E-state index contributed by atoms with van der Waals surface area (Å²) >= 11 is 0. The fraction of sp³-hybridized carbons (Fsp3) is 1.00. The summed E-state index contributed by atoms with van der Waals surface area (Å²) in [5.74, 6) is 0.889. The molecule has 3 heterocycles. The summed E-state index contributed by atoms with van der Waals surface area (Å²) in [5, 5.41) is 3.27. The zero-order valence-corrected chi connectivity index (χ0v) is 22.9. The van der Waals surface area contributed by atoms with Crippen LogP contribution in [0.4, 0.5) is 0 Å². The van der Waals surface area contributed by atoms with Gasteiger partial charge in [-0.25, -0.2) is 0 Å². The SMILES string of the molecule is CC.CN1CCC(OC2CCCCC2)CC1.CNCN1CCCC(CN2CCN(C)CC2)C1. The van der Waals surface area contributed by atoms with E-state index in [0.717, 1.165) is 12.6 Å². The lowest BCUT2D eigenvalue weighted by Crippen LogP contribution is -2.49. The summed E-state index contributed by atoms with van der Waals surface area (Å²) < 4.78 is 6.15. The molecule has 6 heteroatoms. The number of rotatable bonds is 6. The Labute approximate surface area is 206 Å². The monoisotopic (exact) mass is 467 g/mol. The lowest BCUT2D eigenvalue weighted by Gasteiger charge is -2.38. The molecule has 4 rings (SSSR count). The summed E-state index contributed by atoms with van der Waals surface area (Å²) in [5.41, 5.74) is 0. The van der Waals surface area contributed by atoms with E-state index in [0.29, 0.717) is 12.2 Å². The summed E-state index contributed by atoms with van der Waals surface area (Å²) in [6.45, 7) is 16.4. The van der Waals surface area contributed by atoms with Crippen LogP contribution in [-0.4, -0.2) is 119 Å². The Balaban J connectivity index is 0.000000221. The third-order valence-electron chi connectivity index (χ3n) is 7.70. The first-order valence-corrected chi connectivity index (χ1v) is 14.2. The maximum absolute atomic E-state index is 6.15. The quantitative estimate of drug-likeness (QED) is 0.643. The van der Waals surface area contributed by atoms with Gasteiger partial charge >= 0.3 is 0 Å². The number of hydrogen-bond acceptors (Lipinski definition) is 6. The molecule has 1 unspecified atom stereocenters. The first-order valence-electron chi connectivity index (χ1n) is 14.2. The highest BCUT2D eigenvalue weighted by Crippen LogP contribution is 2.24. The molecule has 33 heavy (non-hydrogen) atoms. The summed E-state index contributed by atoms with van der Waals surface area (Å²) in [6, 6.07) is 0. The molecular weight excluding hydrogens is 410 g/mol. The lowest BCUT2D eigenvalue weighted by molar-refractivity contribution is -0.0532. The highest BCUT2D eigenvalue weighted by molar-refractivity contribution is 4.78. The Bertz CT molecular complexity index is 455. The molecule has 1 saturated carbocycles. The van der Waals surface area contributed by atoms with Gasteiger partial charge in [0, 0.05) is 59.0 Å². The van der Waals surface area contributed by atoms with Gasteiger partial charge in [0.15, 0.2) is 0 Å². The van der Waals surface area contributed by atoms with Crippen molar-refractivity contribution in [2.75, 3.05) is 86.7 Å². The zero-order chi connectivity index (χ0) is 23.9. The molecule has 0 amide bonds. The Hall–Kier alpha value is -0.240. The number of nitrogens with one attached hydrogen (secondary N) is 1. The maximum atomic E-state index is 6.15. The van der Waals surface area contributed by atoms with Crippen LogP contribution in [0.25, 0.3) is 0 Å². The Kier molecular flexibility index (Phi) is 15.1. The molecule has 0 aromatic rings. The molecule has 3 saturated heterocycles. The van der Waals surface area contributed by atoms with Gasteiger partial charge in [-0.2, -0.15) is 0 Å². The lowest BCUT2D eigenvalue weighted by atomic mass is 9.97. The second kappa shape index (κ2) is 17.2. The maximum Gasteiger partial charge on any atom is 0.0603 e. The number of nitrogens with zero attached hydrogens (tertiary/aromatic N) is 4. The van der Waals surface area contributed by atoms with E-state index in [4.69, 9.17) is 4.74 Å². The van der Waals surface area contributed by atoms with E-state index in [9.17, 15) is 0 Å². The van der Waals surface area contributed by atoms with Crippen molar-refractivity contribution in [1.29, 1.82) is 0 Å². The standard InChI is InChI=1S/C13H28N4.C12H23NO.C2H6/c1-14-12-17-5-3-4-13(11-17)10-16-8-6-15(2)7-9-16;1-13-9-7-12(8-10-13)14-11-5-3-2-4-6-11;1-2/h13-14H,3-12H2,1-2H3;11-12H,2-10H2,1H3;1-2H3. The molecule has 0 aromatic carbocycles. The van der Waals surface area contributed by atoms with E-state index in [1.807, 2.05) is 20.9 Å². The average Bonchev–Trinajstić information content (AvgIpc) is 2.85. The van der Waals surface area contributed by atoms with Gasteiger partial charge in [-0.15, -0.1) is 0 Å². The summed E-state index contributed by atoms with van der Waals surface area (Å²) in [6.07, 6.45) is 13.3. The molecule has 1 aliphatic carbocycles. The molecule has 0 spiro atoms. The van der Waals surface area contributed by atoms with Gasteiger partial charge in [0.05, 0.1) is 12.2 Å². The van der Waals surface area contributed by atoms with Crippen LogP contribution in [0.3, 0.4) is 0 Å². The molecule has 1 atom stereocenters. The van der Waals surface area contributed by atoms with Gasteiger partial charge in [-0.05, 0) is 72.1 Å². The van der Waals surface area contributed by atoms with Crippen molar-refractivity contribution in [3.8, 4) is 0 Å². The minimum absolute atomic E-state index is 0.564. The smallest absolute Gasteiger partial charge is 0.0603 e. The Morgan fingerprint density at radius 1 is 0.667 bits per heavy atom. The summed E-state index contributed by atoms with van der Waals surface area (Å²) in [7, 11) is 6.48. The van der Waals surface area contributed by atoms with Crippen LogP contribution in [0.1, 0.15) is 71.6 Å². The molecule has 1 N–H and O–H groups in total. The minimum atomic E-state index is 0.564. The van der Waals surface area contributed by atoms with Gasteiger partial charge < -0.3 is 24.8 Å². The molecule has 196 valence electrons. The number of hydrogen-bond donors (Lipinski definition) is 1. The molecule has 0 bridgehead atoms. The number of piperidine rings is 2. The van der Waals surface area contributed by atoms with Gasteiger partial charge in [-0.3, -0.25) is 4.90 Å². The van der Waals surface area contributed by atoms with Crippen molar-refractivity contribution < 1.29 is 4.74 Å². The van der Waals surface area contributed by atoms with Gasteiger partial charge in [-0.1, -0.05) is 33.1 Å². The topological polar surface area (TPSA) is 34.2 Å². The summed E-state index contributed by atoms with van der Waals surface area (Å²) in [4.78, 5) is 10.1. The van der Waals surface area contributed by atoms with Gasteiger partial charge in [0.2, 0.25) is 0 Å². The molecule has 3 aliphatic heterocycles. The predicted molar refractivity (Wildman–Crippen MR) is 142 cm³/mol. The fourth-order valence-electron chi connectivity index (χ4n) is 5.66. The minimum Gasteiger partial charge on any atom is -0.375 e. The second-order valence-corrected chi connectivity index (χ2v) is 10.6. The van der Waals surface area contributed by atoms with Gasteiger partial charge in [0.25, 0.3) is 0 Å². The third kappa shape index (κ3) is 11.8. The van der Waals surface area contributed by atoms with Gasteiger partial charge in [0.1, 0.15) is 0 Å². The van der Waals surface area contributed by atoms with E-state index in [2.05, 4.69) is 39.0 Å². The largest absolute Gasteiger partial charge is 0.375 e. The first-order chi connectivity index (χ1) is 16.1. The zero-order valence-electron chi connectivity index (χ0n) is 22.9. The van der Waals surface area contributed by atoms with Crippen molar-refractivity contribution >= 4 is 0 Å². The van der Waals surface area contributed by atoms with E-state index in [-0.39, 0.29) is 0 Å². The third-order valence-corrected chi connectivity index (χ3v) is 7.70. The fourth-order valence-corrected chi connectivity index (χ4v) is 5.66. The average molecular weight is 468 g/mol. The molecule has 4 aliphatic rings. The van der Waals surface area contributed by atoms with Crippen molar-refractivity contribution in [3.63, 3.8) is 0 Å². The highest BCUT2D eigenvalue weighted by Gasteiger charge is 2.24. The number of likely N-dealkylation sites (N-methyl/N-ethyl adjacent to an activating group) is 1. The molecule has 0 aromatic heterocycles. The molecule has 0 radical (unpaired) electrons. The molecule has 4 fully saturated rings. The normalized spacial score (nSPS) is 27.4. The van der Waals surface area contributed by atoms with Crippen LogP contribution < -0.4 is 5.32 Å². The van der Waals surface area contributed by atoms with Crippen molar-refractivity contribution in [3.05, 3.63) is 0 Å². The Morgan fingerprint density at radius 3 is 1.91 bits per heavy atom. The predicted octanol–water partition coefficient (Wildman–Crippen LogP) is 3.58. The van der Waals surface area contributed by atoms with E-state index < -0.39 is 0 Å². The van der Waals surface area contributed by atoms with Crippen LogP contribution in [0.2, 0.25) is 0 Å². The van der Waals surface area contributed by atoms with E-state index in [1.165, 1.54) is 117 Å². The van der Waals surface area contributed by atoms with E-state index >= 15 is 0 Å². The molecular formula is C27H57N5O. The van der Waals surface area contributed by atoms with Crippen molar-refractivity contribution in [2.24, 2.45) is 5.92 Å². The van der Waals surface area contributed by atoms with Crippen LogP contribution in [-0.2, 0) is 4.74 Å². The van der Waals surface area contributed by atoms with Crippen LogP contribution in [0, 0.1) is 5.92 Å². The highest BCUT2D eigenvalue weighted by atomic mass is 16.5. The van der Waals surface area contributed by atoms with Crippen molar-refractivity contribution in [1.82, 2.24) is 24.9 Å². The first kappa shape index (κ1) is 29.0. The van der Waals surface area contributed by atoms with Crippen LogP contribution >= 0.6 is 0 Å². The number of ether oxygens (including phenoxy) is 1. The second-order valence-electron chi connectivity index (χ2n) is 10.6. The van der Waals surface area contributed by atoms with E-state index in [1.54, 1.807) is 0 Å². The Morgan fingerprint density at radius 2 is 1.27 bits per heavy atom. The number of piperazine rings is 1.